The molecule has 3 aliphatic rings. The number of nitrogens with zero attached hydrogens (tertiary/aromatic N) is 1. The maximum absolute atomic E-state index is 13.2. The molecule has 2 atom stereocenters. The Morgan fingerprint density at radius 1 is 1.12 bits per heavy atom. The number of hydrogen-bond acceptors (Lipinski definition) is 4. The van der Waals surface area contributed by atoms with Crippen LogP contribution in [0.1, 0.15) is 59.8 Å². The Kier molecular flexibility index (Phi) is 6.22. The van der Waals surface area contributed by atoms with Gasteiger partial charge in [-0.05, 0) is 65.2 Å². The summed E-state index contributed by atoms with van der Waals surface area (Å²) in [5, 5.41) is 2.98. The molecule has 2 bridgehead atoms. The van der Waals surface area contributed by atoms with Gasteiger partial charge in [-0.1, -0.05) is 6.42 Å². The summed E-state index contributed by atoms with van der Waals surface area (Å²) in [5.74, 6) is 4.14. The highest BCUT2D eigenvalue weighted by Gasteiger charge is 2.55. The van der Waals surface area contributed by atoms with Gasteiger partial charge in [-0.2, -0.15) is 0 Å². The van der Waals surface area contributed by atoms with E-state index >= 15 is 0 Å². The summed E-state index contributed by atoms with van der Waals surface area (Å²) < 4.78 is 0.398. The molecule has 4 nitrogen and oxygen atoms in total. The highest BCUT2D eigenvalue weighted by molar-refractivity contribution is 8.21. The molecule has 2 amide bonds. The van der Waals surface area contributed by atoms with E-state index in [2.05, 4.69) is 28.8 Å². The van der Waals surface area contributed by atoms with Crippen molar-refractivity contribution in [1.29, 1.82) is 0 Å². The van der Waals surface area contributed by atoms with Crippen molar-refractivity contribution in [3.63, 3.8) is 0 Å². The van der Waals surface area contributed by atoms with Gasteiger partial charge < -0.3 is 10.2 Å². The molecule has 26 heavy (non-hydrogen) atoms. The van der Waals surface area contributed by atoms with Gasteiger partial charge in [0.2, 0.25) is 11.8 Å². The van der Waals surface area contributed by atoms with Crippen molar-refractivity contribution in [2.24, 2.45) is 17.8 Å². The first-order chi connectivity index (χ1) is 12.2. The molecular weight excluding hydrogens is 364 g/mol. The second-order valence-corrected chi connectivity index (χ2v) is 12.1. The third-order valence-electron chi connectivity index (χ3n) is 6.01. The molecule has 0 aromatic rings. The summed E-state index contributed by atoms with van der Waals surface area (Å²) >= 11 is 4.35. The molecule has 2 aliphatic carbocycles. The van der Waals surface area contributed by atoms with E-state index in [1.165, 1.54) is 30.8 Å². The predicted octanol–water partition coefficient (Wildman–Crippen LogP) is 3.75. The molecule has 148 valence electrons. The Balaban J connectivity index is 1.65. The molecule has 2 saturated carbocycles. The van der Waals surface area contributed by atoms with Crippen LogP contribution in [0, 0.1) is 17.8 Å². The standard InChI is InChI=1S/C20H34N2O2S2/c1-5-22(13-17(23)21-19(2,3)4)18(24)14-11-15-7-6-8-16(12-14)20(15)25-9-10-26-20/h14-16H,5-13H2,1-4H3,(H,21,23)/t15-,16-/m1/s1. The maximum Gasteiger partial charge on any atom is 0.240 e. The lowest BCUT2D eigenvalue weighted by atomic mass is 9.66. The predicted molar refractivity (Wildman–Crippen MR) is 111 cm³/mol. The zero-order chi connectivity index (χ0) is 18.9. The minimum absolute atomic E-state index is 0.0536. The smallest absolute Gasteiger partial charge is 0.240 e. The fourth-order valence-corrected chi connectivity index (χ4v) is 8.98. The molecule has 0 radical (unpaired) electrons. The monoisotopic (exact) mass is 398 g/mol. The van der Waals surface area contributed by atoms with E-state index in [4.69, 9.17) is 0 Å². The molecule has 3 rings (SSSR count). The number of likely N-dealkylation sites (N-methyl/N-ethyl adjacent to an activating group) is 1. The van der Waals surface area contributed by atoms with Crippen molar-refractivity contribution in [3.05, 3.63) is 0 Å². The van der Waals surface area contributed by atoms with Crippen LogP contribution in [0.5, 0.6) is 0 Å². The van der Waals surface area contributed by atoms with Crippen LogP contribution in [0.3, 0.4) is 0 Å². The van der Waals surface area contributed by atoms with E-state index in [9.17, 15) is 9.59 Å². The Morgan fingerprint density at radius 2 is 1.69 bits per heavy atom. The fraction of sp³-hybridized carbons (Fsp3) is 0.900. The molecule has 1 N–H and O–H groups in total. The van der Waals surface area contributed by atoms with Crippen molar-refractivity contribution in [3.8, 4) is 0 Å². The van der Waals surface area contributed by atoms with E-state index in [0.717, 1.165) is 12.8 Å². The number of amides is 2. The SMILES string of the molecule is CCN(CC(=O)NC(C)(C)C)C(=O)C1C[C@H]2CCC[C@H](C1)C21SCCS1. The third kappa shape index (κ3) is 4.21. The molecule has 1 saturated heterocycles. The highest BCUT2D eigenvalue weighted by Crippen LogP contribution is 2.64. The Hall–Kier alpha value is -0.360. The molecule has 0 aromatic heterocycles. The Morgan fingerprint density at radius 3 is 2.19 bits per heavy atom. The molecule has 1 aliphatic heterocycles. The van der Waals surface area contributed by atoms with Gasteiger partial charge in [0.1, 0.15) is 0 Å². The minimum atomic E-state index is -0.259. The Bertz CT molecular complexity index is 524. The lowest BCUT2D eigenvalue weighted by Crippen LogP contribution is -2.52. The number of rotatable bonds is 4. The fourth-order valence-electron chi connectivity index (χ4n) is 5.05. The van der Waals surface area contributed by atoms with Crippen LogP contribution < -0.4 is 5.32 Å². The molecule has 0 unspecified atom stereocenters. The van der Waals surface area contributed by atoms with E-state index < -0.39 is 0 Å². The van der Waals surface area contributed by atoms with Gasteiger partial charge in [-0.25, -0.2) is 0 Å². The largest absolute Gasteiger partial charge is 0.350 e. The van der Waals surface area contributed by atoms with E-state index in [1.807, 2.05) is 27.7 Å². The molecule has 3 fully saturated rings. The van der Waals surface area contributed by atoms with Crippen molar-refractivity contribution >= 4 is 35.3 Å². The van der Waals surface area contributed by atoms with Gasteiger partial charge in [0.25, 0.3) is 0 Å². The molecule has 0 aromatic carbocycles. The third-order valence-corrected chi connectivity index (χ3v) is 10.0. The van der Waals surface area contributed by atoms with Crippen molar-refractivity contribution in [1.82, 2.24) is 10.2 Å². The first-order valence-electron chi connectivity index (χ1n) is 10.1. The van der Waals surface area contributed by atoms with Crippen LogP contribution in [0.15, 0.2) is 0 Å². The highest BCUT2D eigenvalue weighted by atomic mass is 32.2. The summed E-state index contributed by atoms with van der Waals surface area (Å²) in [6.45, 7) is 8.70. The molecular formula is C20H34N2O2S2. The molecule has 6 heteroatoms. The first kappa shape index (κ1) is 20.4. The average molecular weight is 399 g/mol. The van der Waals surface area contributed by atoms with Gasteiger partial charge in [0.05, 0.1) is 10.6 Å². The second kappa shape index (κ2) is 7.94. The van der Waals surface area contributed by atoms with Crippen molar-refractivity contribution in [2.75, 3.05) is 24.6 Å². The normalized spacial score (nSPS) is 30.2. The number of thioether (sulfide) groups is 2. The summed E-state index contributed by atoms with van der Waals surface area (Å²) in [5.41, 5.74) is -0.259. The topological polar surface area (TPSA) is 49.4 Å². The van der Waals surface area contributed by atoms with Crippen LogP contribution in [0.25, 0.3) is 0 Å². The number of carbonyl (C=O) groups is 2. The van der Waals surface area contributed by atoms with Crippen molar-refractivity contribution in [2.45, 2.75) is 69.4 Å². The number of nitrogens with one attached hydrogen (secondary N) is 1. The lowest BCUT2D eigenvalue weighted by molar-refractivity contribution is -0.141. The van der Waals surface area contributed by atoms with Gasteiger partial charge in [0.15, 0.2) is 0 Å². The van der Waals surface area contributed by atoms with Crippen LogP contribution in [-0.4, -0.2) is 50.9 Å². The van der Waals surface area contributed by atoms with Crippen LogP contribution >= 0.6 is 23.5 Å². The maximum atomic E-state index is 13.2. The van der Waals surface area contributed by atoms with E-state index in [1.54, 1.807) is 4.90 Å². The summed E-state index contributed by atoms with van der Waals surface area (Å²) in [4.78, 5) is 27.3. The van der Waals surface area contributed by atoms with Gasteiger partial charge in [-0.15, -0.1) is 23.5 Å². The summed E-state index contributed by atoms with van der Waals surface area (Å²) in [6.07, 6.45) is 5.91. The van der Waals surface area contributed by atoms with Gasteiger partial charge in [-0.3, -0.25) is 9.59 Å². The van der Waals surface area contributed by atoms with Crippen LogP contribution in [-0.2, 0) is 9.59 Å². The summed E-state index contributed by atoms with van der Waals surface area (Å²) in [7, 11) is 0. The molecule has 1 heterocycles. The Labute approximate surface area is 167 Å². The second-order valence-electron chi connectivity index (χ2n) is 9.06. The van der Waals surface area contributed by atoms with Crippen molar-refractivity contribution < 1.29 is 9.59 Å². The zero-order valence-electron chi connectivity index (χ0n) is 16.7. The quantitative estimate of drug-likeness (QED) is 0.783. The van der Waals surface area contributed by atoms with Crippen LogP contribution in [0.2, 0.25) is 0 Å². The van der Waals surface area contributed by atoms with E-state index in [-0.39, 0.29) is 29.8 Å². The number of hydrogen-bond donors (Lipinski definition) is 1. The first-order valence-corrected chi connectivity index (χ1v) is 12.1. The van der Waals surface area contributed by atoms with Crippen LogP contribution in [0.4, 0.5) is 0 Å². The summed E-state index contributed by atoms with van der Waals surface area (Å²) in [6, 6.07) is 0. The van der Waals surface area contributed by atoms with Gasteiger partial charge >= 0.3 is 0 Å². The number of carbonyl (C=O) groups excluding carboxylic acids is 2. The molecule has 1 spiro atoms. The zero-order valence-corrected chi connectivity index (χ0v) is 18.3. The lowest BCUT2D eigenvalue weighted by Gasteiger charge is -2.52. The van der Waals surface area contributed by atoms with Gasteiger partial charge in [0, 0.05) is 29.5 Å². The van der Waals surface area contributed by atoms with E-state index in [0.29, 0.717) is 22.5 Å². The minimum Gasteiger partial charge on any atom is -0.350 e. The average Bonchev–Trinajstić information content (AvgIpc) is 2.99.